The largest absolute Gasteiger partial charge is 0.480 e. The molecule has 0 bridgehead atoms. The summed E-state index contributed by atoms with van der Waals surface area (Å²) in [5.74, 6) is -0.714. The van der Waals surface area contributed by atoms with Crippen molar-refractivity contribution in [3.8, 4) is 0 Å². The maximum absolute atomic E-state index is 11.5. The Balaban J connectivity index is 2.65. The molecule has 1 aliphatic rings. The van der Waals surface area contributed by atoms with Crippen LogP contribution in [-0.2, 0) is 19.4 Å². The summed E-state index contributed by atoms with van der Waals surface area (Å²) in [5.41, 5.74) is -0.339. The summed E-state index contributed by atoms with van der Waals surface area (Å²) < 4.78 is 28.3. The summed E-state index contributed by atoms with van der Waals surface area (Å²) in [6, 6.07) is -0.186. The minimum atomic E-state index is -3.00. The topological polar surface area (TPSA) is 83.9 Å². The van der Waals surface area contributed by atoms with Crippen LogP contribution in [0.25, 0.3) is 0 Å². The summed E-state index contributed by atoms with van der Waals surface area (Å²) in [6.45, 7) is 4.25. The first-order valence-corrected chi connectivity index (χ1v) is 8.19. The molecule has 1 N–H and O–H groups in total. The maximum Gasteiger partial charge on any atom is 0.317 e. The molecule has 1 heterocycles. The molecule has 1 saturated heterocycles. The lowest BCUT2D eigenvalue weighted by Gasteiger charge is -2.30. The number of aliphatic carboxylic acids is 1. The lowest BCUT2D eigenvalue weighted by atomic mass is 10.0. The normalized spacial score (nSPS) is 22.8. The smallest absolute Gasteiger partial charge is 0.317 e. The van der Waals surface area contributed by atoms with E-state index in [9.17, 15) is 13.2 Å². The molecule has 0 aliphatic carbocycles. The zero-order valence-electron chi connectivity index (χ0n) is 11.8. The predicted molar refractivity (Wildman–Crippen MR) is 72.0 cm³/mol. The Morgan fingerprint density at radius 2 is 2.11 bits per heavy atom. The van der Waals surface area contributed by atoms with E-state index in [4.69, 9.17) is 9.84 Å². The van der Waals surface area contributed by atoms with E-state index in [0.29, 0.717) is 19.4 Å². The zero-order chi connectivity index (χ0) is 14.7. The van der Waals surface area contributed by atoms with Crippen LogP contribution in [0.3, 0.4) is 0 Å². The van der Waals surface area contributed by atoms with Crippen molar-refractivity contribution in [3.05, 3.63) is 0 Å². The molecule has 112 valence electrons. The average molecular weight is 293 g/mol. The van der Waals surface area contributed by atoms with Crippen LogP contribution in [0.15, 0.2) is 0 Å². The minimum Gasteiger partial charge on any atom is -0.480 e. The van der Waals surface area contributed by atoms with Crippen molar-refractivity contribution < 1.29 is 23.1 Å². The van der Waals surface area contributed by atoms with Gasteiger partial charge in [0.15, 0.2) is 9.84 Å². The van der Waals surface area contributed by atoms with Gasteiger partial charge in [0.05, 0.1) is 23.7 Å². The molecular formula is C12H23NO5S. The fourth-order valence-corrected chi connectivity index (χ4v) is 3.90. The highest BCUT2D eigenvalue weighted by atomic mass is 32.2. The van der Waals surface area contributed by atoms with Gasteiger partial charge in [0.1, 0.15) is 0 Å². The van der Waals surface area contributed by atoms with Crippen molar-refractivity contribution in [2.45, 2.75) is 38.3 Å². The number of carbonyl (C=O) groups is 1. The highest BCUT2D eigenvalue weighted by Crippen LogP contribution is 2.20. The number of hydrogen-bond acceptors (Lipinski definition) is 5. The molecule has 1 aliphatic heterocycles. The number of sulfone groups is 1. The van der Waals surface area contributed by atoms with E-state index in [1.165, 1.54) is 0 Å². The monoisotopic (exact) mass is 293 g/mol. The van der Waals surface area contributed by atoms with Crippen LogP contribution < -0.4 is 0 Å². The van der Waals surface area contributed by atoms with Crippen molar-refractivity contribution in [1.82, 2.24) is 4.90 Å². The van der Waals surface area contributed by atoms with Crippen LogP contribution in [0.4, 0.5) is 0 Å². The molecule has 0 radical (unpaired) electrons. The van der Waals surface area contributed by atoms with Gasteiger partial charge in [-0.2, -0.15) is 0 Å². The standard InChI is InChI=1S/C12H23NO5S/c1-12(2,18-3)5-6-13(8-11(14)15)10-4-7-19(16,17)9-10/h10H,4-9H2,1-3H3,(H,14,15). The van der Waals surface area contributed by atoms with Gasteiger partial charge in [-0.1, -0.05) is 0 Å². The molecule has 0 aromatic heterocycles. The second-order valence-corrected chi connectivity index (χ2v) is 7.86. The fraction of sp³-hybridized carbons (Fsp3) is 0.917. The Bertz CT molecular complexity index is 418. The van der Waals surface area contributed by atoms with Crippen molar-refractivity contribution in [2.24, 2.45) is 0 Å². The first-order chi connectivity index (χ1) is 8.65. The molecule has 0 aromatic carbocycles. The molecule has 0 spiro atoms. The number of ether oxygens (including phenoxy) is 1. The molecule has 1 atom stereocenters. The van der Waals surface area contributed by atoms with Crippen molar-refractivity contribution in [3.63, 3.8) is 0 Å². The van der Waals surface area contributed by atoms with Crippen LogP contribution >= 0.6 is 0 Å². The van der Waals surface area contributed by atoms with E-state index in [1.807, 2.05) is 13.8 Å². The van der Waals surface area contributed by atoms with E-state index in [-0.39, 0.29) is 29.7 Å². The van der Waals surface area contributed by atoms with Crippen molar-refractivity contribution >= 4 is 15.8 Å². The van der Waals surface area contributed by atoms with Gasteiger partial charge in [-0.05, 0) is 26.7 Å². The molecule has 6 nitrogen and oxygen atoms in total. The van der Waals surface area contributed by atoms with Gasteiger partial charge >= 0.3 is 5.97 Å². The fourth-order valence-electron chi connectivity index (χ4n) is 2.14. The van der Waals surface area contributed by atoms with Gasteiger partial charge < -0.3 is 9.84 Å². The minimum absolute atomic E-state index is 0.0632. The second kappa shape index (κ2) is 6.19. The highest BCUT2D eigenvalue weighted by Gasteiger charge is 2.33. The average Bonchev–Trinajstić information content (AvgIpc) is 2.64. The summed E-state index contributed by atoms with van der Waals surface area (Å²) in [4.78, 5) is 12.6. The third kappa shape index (κ3) is 5.46. The third-order valence-corrected chi connectivity index (χ3v) is 5.37. The van der Waals surface area contributed by atoms with E-state index >= 15 is 0 Å². The van der Waals surface area contributed by atoms with Crippen LogP contribution in [0.1, 0.15) is 26.7 Å². The number of rotatable bonds is 7. The van der Waals surface area contributed by atoms with E-state index in [2.05, 4.69) is 0 Å². The predicted octanol–water partition coefficient (Wildman–Crippen LogP) is 0.375. The highest BCUT2D eigenvalue weighted by molar-refractivity contribution is 7.91. The Morgan fingerprint density at radius 3 is 2.53 bits per heavy atom. The molecule has 0 aromatic rings. The Labute approximate surface area is 114 Å². The van der Waals surface area contributed by atoms with Gasteiger partial charge in [-0.3, -0.25) is 9.69 Å². The molecule has 1 rings (SSSR count). The summed E-state index contributed by atoms with van der Waals surface area (Å²) >= 11 is 0. The zero-order valence-corrected chi connectivity index (χ0v) is 12.6. The van der Waals surface area contributed by atoms with Gasteiger partial charge in [0.25, 0.3) is 0 Å². The Kier molecular flexibility index (Phi) is 5.34. The van der Waals surface area contributed by atoms with E-state index < -0.39 is 15.8 Å². The Morgan fingerprint density at radius 1 is 1.47 bits per heavy atom. The van der Waals surface area contributed by atoms with Gasteiger partial charge in [-0.15, -0.1) is 0 Å². The van der Waals surface area contributed by atoms with Gasteiger partial charge in [-0.25, -0.2) is 8.42 Å². The summed E-state index contributed by atoms with van der Waals surface area (Å²) in [5, 5.41) is 8.94. The van der Waals surface area contributed by atoms with E-state index in [0.717, 1.165) is 0 Å². The molecule has 0 amide bonds. The van der Waals surface area contributed by atoms with Crippen LogP contribution in [0.5, 0.6) is 0 Å². The quantitative estimate of drug-likeness (QED) is 0.730. The van der Waals surface area contributed by atoms with Crippen LogP contribution in [0.2, 0.25) is 0 Å². The number of nitrogens with zero attached hydrogens (tertiary/aromatic N) is 1. The number of carboxylic acids is 1. The van der Waals surface area contributed by atoms with Gasteiger partial charge in [0.2, 0.25) is 0 Å². The molecule has 0 saturated carbocycles. The number of carboxylic acid groups (broad SMARTS) is 1. The van der Waals surface area contributed by atoms with Crippen LogP contribution in [0, 0.1) is 0 Å². The number of methoxy groups -OCH3 is 1. The summed E-state index contributed by atoms with van der Waals surface area (Å²) in [6.07, 6.45) is 1.18. The van der Waals surface area contributed by atoms with Gasteiger partial charge in [0, 0.05) is 19.7 Å². The molecule has 1 unspecified atom stereocenters. The lowest BCUT2D eigenvalue weighted by molar-refractivity contribution is -0.139. The number of hydrogen-bond donors (Lipinski definition) is 1. The third-order valence-electron chi connectivity index (χ3n) is 3.62. The van der Waals surface area contributed by atoms with Crippen LogP contribution in [-0.4, -0.2) is 67.7 Å². The summed E-state index contributed by atoms with van der Waals surface area (Å²) in [7, 11) is -1.39. The molecule has 7 heteroatoms. The molecular weight excluding hydrogens is 270 g/mol. The lowest BCUT2D eigenvalue weighted by Crippen LogP contribution is -2.42. The van der Waals surface area contributed by atoms with Crippen molar-refractivity contribution in [2.75, 3.05) is 31.7 Å². The van der Waals surface area contributed by atoms with E-state index in [1.54, 1.807) is 12.0 Å². The molecule has 1 fully saturated rings. The first kappa shape index (κ1) is 16.4. The maximum atomic E-state index is 11.5. The molecule has 19 heavy (non-hydrogen) atoms. The SMILES string of the molecule is COC(C)(C)CCN(CC(=O)O)C1CCS(=O)(=O)C1. The first-order valence-electron chi connectivity index (χ1n) is 6.37. The van der Waals surface area contributed by atoms with Crippen molar-refractivity contribution in [1.29, 1.82) is 0 Å². The second-order valence-electron chi connectivity index (χ2n) is 5.63. The Hall–Kier alpha value is -0.660.